The first-order valence-corrected chi connectivity index (χ1v) is 6.66. The maximum atomic E-state index is 11.9. The quantitative estimate of drug-likeness (QED) is 0.793. The van der Waals surface area contributed by atoms with Crippen LogP contribution in [0.15, 0.2) is 19.0 Å². The van der Waals surface area contributed by atoms with Gasteiger partial charge >= 0.3 is 0 Å². The van der Waals surface area contributed by atoms with Crippen LogP contribution in [0.5, 0.6) is 0 Å². The number of rotatable bonds is 7. The van der Waals surface area contributed by atoms with Crippen molar-refractivity contribution in [1.29, 1.82) is 0 Å². The van der Waals surface area contributed by atoms with E-state index in [0.29, 0.717) is 13.0 Å². The number of aryl methyl sites for hydroxylation is 2. The van der Waals surface area contributed by atoms with E-state index in [-0.39, 0.29) is 11.9 Å². The smallest absolute Gasteiger partial charge is 0.220 e. The Morgan fingerprint density at radius 2 is 2.25 bits per heavy atom. The van der Waals surface area contributed by atoms with Crippen LogP contribution in [0.1, 0.15) is 38.1 Å². The summed E-state index contributed by atoms with van der Waals surface area (Å²) >= 11 is 0. The molecule has 20 heavy (non-hydrogen) atoms. The van der Waals surface area contributed by atoms with Crippen LogP contribution >= 0.6 is 0 Å². The maximum Gasteiger partial charge on any atom is 0.220 e. The number of hydrogen-bond donors (Lipinski definition) is 1. The second kappa shape index (κ2) is 6.78. The minimum atomic E-state index is -0.0960. The third-order valence-electron chi connectivity index (χ3n) is 3.06. The molecule has 0 aliphatic heterocycles. The lowest BCUT2D eigenvalue weighted by atomic mass is 10.2. The average Bonchev–Trinajstić information content (AvgIpc) is 3.08. The lowest BCUT2D eigenvalue weighted by molar-refractivity contribution is -0.122. The molecule has 0 aliphatic rings. The summed E-state index contributed by atoms with van der Waals surface area (Å²) < 4.78 is 3.40. The lowest BCUT2D eigenvalue weighted by Gasteiger charge is -2.15. The van der Waals surface area contributed by atoms with Crippen molar-refractivity contribution < 1.29 is 4.79 Å². The minimum Gasteiger partial charge on any atom is -0.346 e. The third-order valence-corrected chi connectivity index (χ3v) is 3.06. The predicted octanol–water partition coefficient (Wildman–Crippen LogP) is 0.454. The molecule has 1 amide bonds. The van der Waals surface area contributed by atoms with E-state index in [4.69, 9.17) is 0 Å². The van der Waals surface area contributed by atoms with Crippen molar-refractivity contribution in [3.63, 3.8) is 0 Å². The molecule has 1 atom stereocenters. The third kappa shape index (κ3) is 3.62. The Balaban J connectivity index is 1.79. The average molecular weight is 277 g/mol. The number of aromatic nitrogens is 6. The Kier molecular flexibility index (Phi) is 4.80. The fourth-order valence-electron chi connectivity index (χ4n) is 1.99. The molecule has 0 radical (unpaired) electrons. The summed E-state index contributed by atoms with van der Waals surface area (Å²) in [6.07, 6.45) is 6.59. The SMILES string of the molecule is CC[C@H](NC(=O)CCCn1cncn1)c1ncnn1C. The van der Waals surface area contributed by atoms with Crippen molar-refractivity contribution in [3.8, 4) is 0 Å². The van der Waals surface area contributed by atoms with Crippen LogP contribution in [0.4, 0.5) is 0 Å². The topological polar surface area (TPSA) is 90.5 Å². The van der Waals surface area contributed by atoms with Crippen LogP contribution in [-0.4, -0.2) is 35.4 Å². The first-order chi connectivity index (χ1) is 9.70. The van der Waals surface area contributed by atoms with Gasteiger partial charge in [-0.05, 0) is 12.8 Å². The molecule has 0 spiro atoms. The zero-order chi connectivity index (χ0) is 14.4. The van der Waals surface area contributed by atoms with Crippen LogP contribution in [0.25, 0.3) is 0 Å². The molecular formula is C12H19N7O. The number of nitrogens with one attached hydrogen (secondary N) is 1. The van der Waals surface area contributed by atoms with Crippen molar-refractivity contribution >= 4 is 5.91 Å². The molecule has 0 aliphatic carbocycles. The van der Waals surface area contributed by atoms with Gasteiger partial charge in [0.25, 0.3) is 0 Å². The molecule has 8 heteroatoms. The molecule has 0 aromatic carbocycles. The summed E-state index contributed by atoms with van der Waals surface area (Å²) in [5.74, 6) is 0.789. The predicted molar refractivity (Wildman–Crippen MR) is 71.4 cm³/mol. The normalized spacial score (nSPS) is 12.3. The van der Waals surface area contributed by atoms with Gasteiger partial charge in [0, 0.05) is 20.0 Å². The zero-order valence-corrected chi connectivity index (χ0v) is 11.7. The van der Waals surface area contributed by atoms with Gasteiger partial charge < -0.3 is 5.32 Å². The van der Waals surface area contributed by atoms with Gasteiger partial charge in [-0.1, -0.05) is 6.92 Å². The van der Waals surface area contributed by atoms with Crippen molar-refractivity contribution in [2.45, 2.75) is 38.8 Å². The Hall–Kier alpha value is -2.25. The number of amides is 1. The highest BCUT2D eigenvalue weighted by molar-refractivity contribution is 5.76. The second-order valence-corrected chi connectivity index (χ2v) is 4.53. The lowest BCUT2D eigenvalue weighted by Crippen LogP contribution is -2.30. The van der Waals surface area contributed by atoms with Crippen LogP contribution in [0.2, 0.25) is 0 Å². The number of carbonyl (C=O) groups excluding carboxylic acids is 1. The second-order valence-electron chi connectivity index (χ2n) is 4.53. The van der Waals surface area contributed by atoms with Gasteiger partial charge in [0.1, 0.15) is 24.8 Å². The Morgan fingerprint density at radius 3 is 2.85 bits per heavy atom. The molecule has 2 heterocycles. The van der Waals surface area contributed by atoms with Gasteiger partial charge in [0.2, 0.25) is 5.91 Å². The summed E-state index contributed by atoms with van der Waals surface area (Å²) in [5.41, 5.74) is 0. The highest BCUT2D eigenvalue weighted by Crippen LogP contribution is 2.12. The highest BCUT2D eigenvalue weighted by atomic mass is 16.1. The number of nitrogens with zero attached hydrogens (tertiary/aromatic N) is 6. The Bertz CT molecular complexity index is 534. The zero-order valence-electron chi connectivity index (χ0n) is 11.7. The highest BCUT2D eigenvalue weighted by Gasteiger charge is 2.16. The van der Waals surface area contributed by atoms with Gasteiger partial charge in [-0.3, -0.25) is 14.2 Å². The standard InChI is InChI=1S/C12H19N7O/c1-3-10(12-14-8-15-18(12)2)17-11(20)5-4-6-19-9-13-7-16-19/h7-10H,3-6H2,1-2H3,(H,17,20)/t10-/m0/s1. The maximum absolute atomic E-state index is 11.9. The van der Waals surface area contributed by atoms with E-state index >= 15 is 0 Å². The number of carbonyl (C=O) groups is 1. The Morgan fingerprint density at radius 1 is 1.40 bits per heavy atom. The van der Waals surface area contributed by atoms with Crippen molar-refractivity contribution in [1.82, 2.24) is 34.8 Å². The summed E-state index contributed by atoms with van der Waals surface area (Å²) in [5, 5.41) is 11.0. The summed E-state index contributed by atoms with van der Waals surface area (Å²) in [6.45, 7) is 2.70. The van der Waals surface area contributed by atoms with Gasteiger partial charge in [0.15, 0.2) is 0 Å². The van der Waals surface area contributed by atoms with Crippen molar-refractivity contribution in [3.05, 3.63) is 24.8 Å². The van der Waals surface area contributed by atoms with Gasteiger partial charge in [0.05, 0.1) is 6.04 Å². The molecule has 0 fully saturated rings. The van der Waals surface area contributed by atoms with E-state index in [1.807, 2.05) is 14.0 Å². The van der Waals surface area contributed by atoms with Crippen molar-refractivity contribution in [2.75, 3.05) is 0 Å². The minimum absolute atomic E-state index is 0.0139. The van der Waals surface area contributed by atoms with Gasteiger partial charge in [-0.25, -0.2) is 9.97 Å². The van der Waals surface area contributed by atoms with Crippen LogP contribution < -0.4 is 5.32 Å². The van der Waals surface area contributed by atoms with E-state index in [9.17, 15) is 4.79 Å². The Labute approximate surface area is 117 Å². The van der Waals surface area contributed by atoms with E-state index in [0.717, 1.165) is 18.7 Å². The monoisotopic (exact) mass is 277 g/mol. The van der Waals surface area contributed by atoms with E-state index in [1.54, 1.807) is 15.7 Å². The largest absolute Gasteiger partial charge is 0.346 e. The van der Waals surface area contributed by atoms with E-state index in [2.05, 4.69) is 25.5 Å². The fourth-order valence-corrected chi connectivity index (χ4v) is 1.99. The molecule has 0 bridgehead atoms. The molecular weight excluding hydrogens is 258 g/mol. The van der Waals surface area contributed by atoms with Crippen molar-refractivity contribution in [2.24, 2.45) is 7.05 Å². The summed E-state index contributed by atoms with van der Waals surface area (Å²) in [6, 6.07) is -0.0960. The van der Waals surface area contributed by atoms with Crippen LogP contribution in [-0.2, 0) is 18.4 Å². The van der Waals surface area contributed by atoms with Crippen LogP contribution in [0.3, 0.4) is 0 Å². The van der Waals surface area contributed by atoms with E-state index in [1.165, 1.54) is 12.7 Å². The number of hydrogen-bond acceptors (Lipinski definition) is 5. The molecule has 2 aromatic heterocycles. The van der Waals surface area contributed by atoms with Gasteiger partial charge in [-0.15, -0.1) is 0 Å². The van der Waals surface area contributed by atoms with Crippen LogP contribution in [0, 0.1) is 0 Å². The summed E-state index contributed by atoms with van der Waals surface area (Å²) in [4.78, 5) is 20.0. The molecule has 1 N–H and O–H groups in total. The van der Waals surface area contributed by atoms with E-state index < -0.39 is 0 Å². The first kappa shape index (κ1) is 14.2. The summed E-state index contributed by atoms with van der Waals surface area (Å²) in [7, 11) is 1.82. The molecule has 2 aromatic rings. The molecule has 108 valence electrons. The molecule has 0 saturated heterocycles. The van der Waals surface area contributed by atoms with Gasteiger partial charge in [-0.2, -0.15) is 10.2 Å². The first-order valence-electron chi connectivity index (χ1n) is 6.66. The molecule has 8 nitrogen and oxygen atoms in total. The fraction of sp³-hybridized carbons (Fsp3) is 0.583. The molecule has 0 unspecified atom stereocenters. The molecule has 0 saturated carbocycles. The molecule has 2 rings (SSSR count).